The molecule has 4 heteroatoms. The van der Waals surface area contributed by atoms with Crippen LogP contribution in [0.2, 0.25) is 0 Å². The van der Waals surface area contributed by atoms with Gasteiger partial charge < -0.3 is 9.64 Å². The predicted octanol–water partition coefficient (Wildman–Crippen LogP) is 3.27. The number of rotatable bonds is 3. The van der Waals surface area contributed by atoms with Crippen LogP contribution in [0.15, 0.2) is 22.7 Å². The van der Waals surface area contributed by atoms with E-state index >= 15 is 0 Å². The summed E-state index contributed by atoms with van der Waals surface area (Å²) in [5, 5.41) is 0. The maximum Gasteiger partial charge on any atom is 0.161 e. The summed E-state index contributed by atoms with van der Waals surface area (Å²) in [5.41, 5.74) is 1.79. The zero-order valence-corrected chi connectivity index (χ0v) is 12.4. The van der Waals surface area contributed by atoms with Crippen molar-refractivity contribution in [2.75, 3.05) is 25.2 Å². The van der Waals surface area contributed by atoms with E-state index in [1.807, 2.05) is 18.2 Å². The Kier molecular flexibility index (Phi) is 4.40. The molecule has 1 heterocycles. The monoisotopic (exact) mass is 311 g/mol. The van der Waals surface area contributed by atoms with Gasteiger partial charge in [-0.15, -0.1) is 0 Å². The zero-order chi connectivity index (χ0) is 13.1. The quantitative estimate of drug-likeness (QED) is 0.802. The van der Waals surface area contributed by atoms with Crippen LogP contribution in [-0.4, -0.2) is 32.1 Å². The van der Waals surface area contributed by atoms with E-state index in [9.17, 15) is 4.79 Å². The van der Waals surface area contributed by atoms with Gasteiger partial charge in [0.25, 0.3) is 0 Å². The van der Waals surface area contributed by atoms with Gasteiger partial charge in [0.1, 0.15) is 0 Å². The Morgan fingerprint density at radius 3 is 2.67 bits per heavy atom. The van der Waals surface area contributed by atoms with Gasteiger partial charge >= 0.3 is 0 Å². The number of ketones is 1. The lowest BCUT2D eigenvalue weighted by Gasteiger charge is -2.34. The van der Waals surface area contributed by atoms with Crippen LogP contribution >= 0.6 is 15.9 Å². The summed E-state index contributed by atoms with van der Waals surface area (Å²) >= 11 is 3.48. The minimum atomic E-state index is 0.108. The predicted molar refractivity (Wildman–Crippen MR) is 76.4 cm³/mol. The first kappa shape index (κ1) is 13.6. The fourth-order valence-electron chi connectivity index (χ4n) is 2.36. The van der Waals surface area contributed by atoms with Crippen molar-refractivity contribution in [2.24, 2.45) is 0 Å². The highest BCUT2D eigenvalue weighted by Gasteiger charge is 2.21. The lowest BCUT2D eigenvalue weighted by atomic mass is 10.0. The zero-order valence-electron chi connectivity index (χ0n) is 10.8. The summed E-state index contributed by atoms with van der Waals surface area (Å²) in [4.78, 5) is 13.9. The number of anilines is 1. The standard InChI is InChI=1S/C14H18BrNO2/c1-10(17)13-4-3-11(15)9-14(13)16(2)12-5-7-18-8-6-12/h3-4,9,12H,5-8H2,1-2H3. The Labute approximate surface area is 116 Å². The number of hydrogen-bond acceptors (Lipinski definition) is 3. The summed E-state index contributed by atoms with van der Waals surface area (Å²) in [7, 11) is 2.06. The third-order valence-electron chi connectivity index (χ3n) is 3.46. The molecule has 2 rings (SSSR count). The Morgan fingerprint density at radius 2 is 2.06 bits per heavy atom. The van der Waals surface area contributed by atoms with Gasteiger partial charge in [-0.1, -0.05) is 15.9 Å². The molecule has 1 fully saturated rings. The molecule has 0 bridgehead atoms. The van der Waals surface area contributed by atoms with Crippen molar-refractivity contribution < 1.29 is 9.53 Å². The van der Waals surface area contributed by atoms with Gasteiger partial charge in [0.2, 0.25) is 0 Å². The number of carbonyl (C=O) groups is 1. The van der Waals surface area contributed by atoms with E-state index in [0.717, 1.165) is 41.8 Å². The average Bonchev–Trinajstić information content (AvgIpc) is 2.38. The van der Waals surface area contributed by atoms with Crippen molar-refractivity contribution in [3.8, 4) is 0 Å². The van der Waals surface area contributed by atoms with Gasteiger partial charge in [-0.2, -0.15) is 0 Å². The molecular formula is C14H18BrNO2. The van der Waals surface area contributed by atoms with Crippen LogP contribution in [0.5, 0.6) is 0 Å². The van der Waals surface area contributed by atoms with Crippen molar-refractivity contribution in [1.29, 1.82) is 0 Å². The normalized spacial score (nSPS) is 16.6. The Bertz CT molecular complexity index is 441. The van der Waals surface area contributed by atoms with Gasteiger partial charge in [-0.25, -0.2) is 0 Å². The largest absolute Gasteiger partial charge is 0.381 e. The van der Waals surface area contributed by atoms with Crippen LogP contribution in [0.25, 0.3) is 0 Å². The molecule has 0 N–H and O–H groups in total. The van der Waals surface area contributed by atoms with E-state index in [2.05, 4.69) is 27.9 Å². The molecule has 1 aromatic carbocycles. The molecule has 0 radical (unpaired) electrons. The number of halogens is 1. The van der Waals surface area contributed by atoms with Gasteiger partial charge in [0, 0.05) is 42.0 Å². The molecule has 1 saturated heterocycles. The summed E-state index contributed by atoms with van der Waals surface area (Å²) < 4.78 is 6.39. The minimum Gasteiger partial charge on any atom is -0.381 e. The molecule has 0 unspecified atom stereocenters. The number of carbonyl (C=O) groups excluding carboxylic acids is 1. The second-order valence-corrected chi connectivity index (χ2v) is 5.59. The van der Waals surface area contributed by atoms with Crippen molar-refractivity contribution >= 4 is 27.4 Å². The lowest BCUT2D eigenvalue weighted by molar-refractivity contribution is 0.0854. The van der Waals surface area contributed by atoms with Crippen LogP contribution in [0.4, 0.5) is 5.69 Å². The number of nitrogens with zero attached hydrogens (tertiary/aromatic N) is 1. The maximum absolute atomic E-state index is 11.7. The highest BCUT2D eigenvalue weighted by molar-refractivity contribution is 9.10. The SMILES string of the molecule is CC(=O)c1ccc(Br)cc1N(C)C1CCOCC1. The van der Waals surface area contributed by atoms with Crippen LogP contribution in [0.1, 0.15) is 30.1 Å². The first-order valence-corrected chi connectivity index (χ1v) is 7.00. The molecular weight excluding hydrogens is 294 g/mol. The molecule has 3 nitrogen and oxygen atoms in total. The van der Waals surface area contributed by atoms with E-state index in [-0.39, 0.29) is 5.78 Å². The average molecular weight is 312 g/mol. The van der Waals surface area contributed by atoms with E-state index in [1.54, 1.807) is 6.92 Å². The maximum atomic E-state index is 11.7. The Morgan fingerprint density at radius 1 is 1.39 bits per heavy atom. The number of Topliss-reactive ketones (excluding diaryl/α,β-unsaturated/α-hetero) is 1. The van der Waals surface area contributed by atoms with E-state index in [4.69, 9.17) is 4.74 Å². The molecule has 0 aromatic heterocycles. The van der Waals surface area contributed by atoms with E-state index in [1.165, 1.54) is 0 Å². The Balaban J connectivity index is 2.30. The topological polar surface area (TPSA) is 29.5 Å². The smallest absolute Gasteiger partial charge is 0.161 e. The lowest BCUT2D eigenvalue weighted by Crippen LogP contribution is -2.37. The molecule has 0 spiro atoms. The minimum absolute atomic E-state index is 0.108. The van der Waals surface area contributed by atoms with Gasteiger partial charge in [0.15, 0.2) is 5.78 Å². The number of ether oxygens (including phenoxy) is 1. The van der Waals surface area contributed by atoms with Crippen LogP contribution in [-0.2, 0) is 4.74 Å². The van der Waals surface area contributed by atoms with Crippen molar-refractivity contribution in [3.63, 3.8) is 0 Å². The van der Waals surface area contributed by atoms with Gasteiger partial charge in [-0.3, -0.25) is 4.79 Å². The molecule has 1 aliphatic rings. The fraction of sp³-hybridized carbons (Fsp3) is 0.500. The molecule has 1 aliphatic heterocycles. The van der Waals surface area contributed by atoms with Crippen molar-refractivity contribution in [1.82, 2.24) is 0 Å². The van der Waals surface area contributed by atoms with E-state index in [0.29, 0.717) is 6.04 Å². The molecule has 0 atom stereocenters. The second-order valence-electron chi connectivity index (χ2n) is 4.67. The van der Waals surface area contributed by atoms with Gasteiger partial charge in [-0.05, 0) is 38.0 Å². The first-order chi connectivity index (χ1) is 8.59. The summed E-state index contributed by atoms with van der Waals surface area (Å²) in [5.74, 6) is 0.108. The number of benzene rings is 1. The number of hydrogen-bond donors (Lipinski definition) is 0. The fourth-order valence-corrected chi connectivity index (χ4v) is 2.71. The van der Waals surface area contributed by atoms with Crippen LogP contribution in [0, 0.1) is 0 Å². The third kappa shape index (κ3) is 2.93. The Hall–Kier alpha value is -0.870. The molecule has 0 aliphatic carbocycles. The van der Waals surface area contributed by atoms with E-state index < -0.39 is 0 Å². The van der Waals surface area contributed by atoms with Crippen LogP contribution < -0.4 is 4.90 Å². The van der Waals surface area contributed by atoms with Gasteiger partial charge in [0.05, 0.1) is 0 Å². The molecule has 0 amide bonds. The highest BCUT2D eigenvalue weighted by Crippen LogP contribution is 2.28. The third-order valence-corrected chi connectivity index (χ3v) is 3.95. The van der Waals surface area contributed by atoms with Crippen LogP contribution in [0.3, 0.4) is 0 Å². The highest BCUT2D eigenvalue weighted by atomic mass is 79.9. The molecule has 98 valence electrons. The van der Waals surface area contributed by atoms with Crippen molar-refractivity contribution in [2.45, 2.75) is 25.8 Å². The van der Waals surface area contributed by atoms with Crippen molar-refractivity contribution in [3.05, 3.63) is 28.2 Å². The summed E-state index contributed by atoms with van der Waals surface area (Å²) in [6.45, 7) is 3.22. The molecule has 1 aromatic rings. The molecule has 18 heavy (non-hydrogen) atoms. The summed E-state index contributed by atoms with van der Waals surface area (Å²) in [6.07, 6.45) is 2.03. The summed E-state index contributed by atoms with van der Waals surface area (Å²) in [6, 6.07) is 6.27. The first-order valence-electron chi connectivity index (χ1n) is 6.20. The molecule has 0 saturated carbocycles. The second kappa shape index (κ2) is 5.85.